The SMILES string of the molecule is CCOCO[C@@H]1C(=O)C=C(CO[Si](C)(C)C(C)(C)C)[C@H]2O[C@](C)(OC)[C@@](C)(OC)O[C@H]12. The summed E-state index contributed by atoms with van der Waals surface area (Å²) in [7, 11) is 1.00. The van der Waals surface area contributed by atoms with E-state index in [4.69, 9.17) is 32.8 Å². The van der Waals surface area contributed by atoms with Crippen LogP contribution in [0.25, 0.3) is 0 Å². The van der Waals surface area contributed by atoms with Gasteiger partial charge < -0.3 is 32.8 Å². The van der Waals surface area contributed by atoms with Crippen molar-refractivity contribution < 1.29 is 37.6 Å². The van der Waals surface area contributed by atoms with Crippen LogP contribution < -0.4 is 0 Å². The first-order valence-electron chi connectivity index (χ1n) is 10.8. The highest BCUT2D eigenvalue weighted by molar-refractivity contribution is 6.74. The van der Waals surface area contributed by atoms with Crippen LogP contribution in [-0.2, 0) is 37.6 Å². The summed E-state index contributed by atoms with van der Waals surface area (Å²) in [6, 6.07) is 0. The maximum atomic E-state index is 13.0. The Labute approximate surface area is 187 Å². The van der Waals surface area contributed by atoms with E-state index in [1.807, 2.05) is 6.92 Å². The summed E-state index contributed by atoms with van der Waals surface area (Å²) in [5.41, 5.74) is 0.706. The number of methoxy groups -OCH3 is 2. The van der Waals surface area contributed by atoms with Crippen molar-refractivity contribution in [2.45, 2.75) is 89.6 Å². The van der Waals surface area contributed by atoms with Crippen LogP contribution in [-0.4, -0.2) is 78.2 Å². The van der Waals surface area contributed by atoms with Crippen LogP contribution in [0.3, 0.4) is 0 Å². The Balaban J connectivity index is 2.37. The Morgan fingerprint density at radius 1 is 1.10 bits per heavy atom. The fourth-order valence-electron chi connectivity index (χ4n) is 3.31. The number of carbonyl (C=O) groups is 1. The average molecular weight is 461 g/mol. The number of hydrogen-bond acceptors (Lipinski definition) is 8. The zero-order valence-electron chi connectivity index (χ0n) is 20.7. The van der Waals surface area contributed by atoms with Crippen molar-refractivity contribution in [3.63, 3.8) is 0 Å². The highest BCUT2D eigenvalue weighted by Gasteiger charge is 2.60. The molecule has 0 amide bonds. The summed E-state index contributed by atoms with van der Waals surface area (Å²) in [6.45, 7) is 16.9. The predicted molar refractivity (Wildman–Crippen MR) is 118 cm³/mol. The number of rotatable bonds is 9. The minimum absolute atomic E-state index is 0.0195. The van der Waals surface area contributed by atoms with Crippen LogP contribution in [0.15, 0.2) is 11.6 Å². The van der Waals surface area contributed by atoms with E-state index in [9.17, 15) is 4.79 Å². The van der Waals surface area contributed by atoms with E-state index in [0.29, 0.717) is 12.2 Å². The number of carbonyl (C=O) groups excluding carboxylic acids is 1. The van der Waals surface area contributed by atoms with Crippen molar-refractivity contribution >= 4 is 14.1 Å². The first kappa shape index (κ1) is 26.6. The third kappa shape index (κ3) is 5.30. The van der Waals surface area contributed by atoms with E-state index < -0.39 is 38.2 Å². The lowest BCUT2D eigenvalue weighted by Gasteiger charge is -2.54. The van der Waals surface area contributed by atoms with E-state index in [0.717, 1.165) is 0 Å². The standard InChI is InChI=1S/C22H40O8Si/c1-11-26-14-27-18-16(23)12-15(13-28-31(9,10)20(2,3)4)17-19(18)30-22(6,25-8)21(5,24-7)29-17/h12,17-19H,11,13-14H2,1-10H3/t17-,18-,19+,21+,22+/m1/s1. The summed E-state index contributed by atoms with van der Waals surface area (Å²) in [4.78, 5) is 13.0. The van der Waals surface area contributed by atoms with Crippen molar-refractivity contribution in [2.24, 2.45) is 0 Å². The van der Waals surface area contributed by atoms with Gasteiger partial charge in [0, 0.05) is 20.8 Å². The second kappa shape index (κ2) is 9.68. The first-order valence-corrected chi connectivity index (χ1v) is 13.7. The van der Waals surface area contributed by atoms with Crippen molar-refractivity contribution in [3.8, 4) is 0 Å². The van der Waals surface area contributed by atoms with Gasteiger partial charge in [-0.3, -0.25) is 4.79 Å². The highest BCUT2D eigenvalue weighted by Crippen LogP contribution is 2.44. The molecule has 1 aliphatic carbocycles. The van der Waals surface area contributed by atoms with Gasteiger partial charge in [0.25, 0.3) is 0 Å². The minimum atomic E-state index is -2.05. The van der Waals surface area contributed by atoms with Crippen molar-refractivity contribution in [1.29, 1.82) is 0 Å². The highest BCUT2D eigenvalue weighted by atomic mass is 28.4. The molecule has 2 rings (SSSR count). The fraction of sp³-hybridized carbons (Fsp3) is 0.864. The lowest BCUT2D eigenvalue weighted by Crippen LogP contribution is -2.69. The van der Waals surface area contributed by atoms with E-state index in [1.54, 1.807) is 19.9 Å². The molecule has 8 nitrogen and oxygen atoms in total. The molecule has 9 heteroatoms. The molecule has 0 saturated carbocycles. The Morgan fingerprint density at radius 3 is 2.19 bits per heavy atom. The van der Waals surface area contributed by atoms with Crippen LogP contribution in [0, 0.1) is 0 Å². The Bertz CT molecular complexity index is 673. The largest absolute Gasteiger partial charge is 0.413 e. The van der Waals surface area contributed by atoms with Gasteiger partial charge in [-0.15, -0.1) is 0 Å². The fourth-order valence-corrected chi connectivity index (χ4v) is 4.27. The lowest BCUT2D eigenvalue weighted by atomic mass is 9.88. The van der Waals surface area contributed by atoms with Crippen LogP contribution >= 0.6 is 0 Å². The molecule has 180 valence electrons. The predicted octanol–water partition coefficient (Wildman–Crippen LogP) is 3.41. The van der Waals surface area contributed by atoms with Gasteiger partial charge in [-0.2, -0.15) is 0 Å². The van der Waals surface area contributed by atoms with Gasteiger partial charge >= 0.3 is 0 Å². The third-order valence-electron chi connectivity index (χ3n) is 6.83. The molecular weight excluding hydrogens is 420 g/mol. The summed E-state index contributed by atoms with van der Waals surface area (Å²) >= 11 is 0. The van der Waals surface area contributed by atoms with Crippen molar-refractivity contribution in [3.05, 3.63) is 11.6 Å². The molecule has 1 saturated heterocycles. The molecule has 0 unspecified atom stereocenters. The lowest BCUT2D eigenvalue weighted by molar-refractivity contribution is -0.450. The molecule has 1 aliphatic heterocycles. The van der Waals surface area contributed by atoms with Gasteiger partial charge in [-0.25, -0.2) is 0 Å². The van der Waals surface area contributed by atoms with Crippen LogP contribution in [0.2, 0.25) is 18.1 Å². The van der Waals surface area contributed by atoms with Gasteiger partial charge in [0.15, 0.2) is 20.2 Å². The monoisotopic (exact) mass is 460 g/mol. The molecule has 0 aromatic rings. The number of fused-ring (bicyclic) bond motifs is 1. The van der Waals surface area contributed by atoms with Gasteiger partial charge in [0.2, 0.25) is 11.6 Å². The number of hydrogen-bond donors (Lipinski definition) is 0. The minimum Gasteiger partial charge on any atom is -0.413 e. The van der Waals surface area contributed by atoms with Gasteiger partial charge in [0.05, 0.1) is 6.61 Å². The Morgan fingerprint density at radius 2 is 1.68 bits per heavy atom. The second-order valence-corrected chi connectivity index (χ2v) is 14.6. The normalized spacial score (nSPS) is 34.5. The topological polar surface area (TPSA) is 81.7 Å². The molecule has 0 radical (unpaired) electrons. The third-order valence-corrected chi connectivity index (χ3v) is 11.3. The zero-order valence-corrected chi connectivity index (χ0v) is 21.7. The quantitative estimate of drug-likeness (QED) is 0.294. The maximum absolute atomic E-state index is 13.0. The molecule has 1 fully saturated rings. The van der Waals surface area contributed by atoms with Crippen molar-refractivity contribution in [2.75, 3.05) is 34.2 Å². The van der Waals surface area contributed by atoms with Gasteiger partial charge in [-0.1, -0.05) is 20.8 Å². The van der Waals surface area contributed by atoms with Crippen LogP contribution in [0.1, 0.15) is 41.5 Å². The molecule has 0 N–H and O–H groups in total. The zero-order chi connectivity index (χ0) is 23.7. The van der Waals surface area contributed by atoms with Gasteiger partial charge in [-0.05, 0) is 50.6 Å². The molecule has 0 bridgehead atoms. The maximum Gasteiger partial charge on any atom is 0.220 e. The summed E-state index contributed by atoms with van der Waals surface area (Å²) in [6.07, 6.45) is -0.657. The number of ether oxygens (including phenoxy) is 6. The Hall–Kier alpha value is -0.653. The van der Waals surface area contributed by atoms with Gasteiger partial charge in [0.1, 0.15) is 19.0 Å². The van der Waals surface area contributed by atoms with E-state index in [-0.39, 0.29) is 24.2 Å². The molecule has 0 spiro atoms. The summed E-state index contributed by atoms with van der Waals surface area (Å²) in [5, 5.41) is 0.0361. The molecule has 2 aliphatic rings. The molecule has 0 aromatic heterocycles. The number of ketones is 1. The molecule has 0 aromatic carbocycles. The molecular formula is C22H40O8Si. The van der Waals surface area contributed by atoms with Crippen molar-refractivity contribution in [1.82, 2.24) is 0 Å². The molecule has 31 heavy (non-hydrogen) atoms. The summed E-state index contributed by atoms with van der Waals surface area (Å²) in [5.74, 6) is -2.67. The van der Waals surface area contributed by atoms with E-state index >= 15 is 0 Å². The van der Waals surface area contributed by atoms with E-state index in [2.05, 4.69) is 33.9 Å². The Kier molecular flexibility index (Phi) is 8.31. The van der Waals surface area contributed by atoms with Crippen LogP contribution in [0.4, 0.5) is 0 Å². The van der Waals surface area contributed by atoms with Crippen LogP contribution in [0.5, 0.6) is 0 Å². The smallest absolute Gasteiger partial charge is 0.220 e. The molecule has 1 heterocycles. The summed E-state index contributed by atoms with van der Waals surface area (Å²) < 4.78 is 41.4. The average Bonchev–Trinajstić information content (AvgIpc) is 2.69. The first-order chi connectivity index (χ1) is 14.2. The van der Waals surface area contributed by atoms with E-state index in [1.165, 1.54) is 14.2 Å². The second-order valence-electron chi connectivity index (χ2n) is 9.79. The molecule has 5 atom stereocenters.